The topological polar surface area (TPSA) is 119 Å². The molecule has 2 N–H and O–H groups in total. The van der Waals surface area contributed by atoms with Crippen molar-refractivity contribution >= 4 is 19.8 Å². The molecule has 0 aromatic heterocycles. The Kier molecular flexibility index (Phi) is 37.2. The highest BCUT2D eigenvalue weighted by Crippen LogP contribution is 2.36. The van der Waals surface area contributed by atoms with Gasteiger partial charge < -0.3 is 19.3 Å². The molecule has 1 atom stereocenters. The van der Waals surface area contributed by atoms with Crippen molar-refractivity contribution in [2.75, 3.05) is 13.2 Å². The summed E-state index contributed by atoms with van der Waals surface area (Å²) in [6.07, 6.45) is 43.2. The summed E-state index contributed by atoms with van der Waals surface area (Å²) in [4.78, 5) is 42.8. The average molecular weight is 743 g/mol. The van der Waals surface area contributed by atoms with E-state index in [1.165, 1.54) is 116 Å². The van der Waals surface area contributed by atoms with Crippen LogP contribution in [-0.2, 0) is 28.2 Å². The van der Waals surface area contributed by atoms with E-state index in [-0.39, 0.29) is 19.4 Å². The van der Waals surface area contributed by atoms with E-state index >= 15 is 0 Å². The number of hydrogen-bond donors (Lipinski definition) is 2. The molecule has 0 aromatic rings. The number of rotatable bonds is 39. The molecular weight excluding hydrogens is 663 g/mol. The fraction of sp³-hybridized carbons (Fsp3) is 0.857. The van der Waals surface area contributed by atoms with Crippen LogP contribution < -0.4 is 0 Å². The van der Waals surface area contributed by atoms with Crippen LogP contribution in [0.1, 0.15) is 213 Å². The van der Waals surface area contributed by atoms with Gasteiger partial charge in [-0.3, -0.25) is 14.1 Å². The van der Waals surface area contributed by atoms with E-state index in [9.17, 15) is 14.2 Å². The summed E-state index contributed by atoms with van der Waals surface area (Å²) < 4.78 is 26.4. The lowest BCUT2D eigenvalue weighted by Gasteiger charge is -2.18. The van der Waals surface area contributed by atoms with E-state index in [1.807, 2.05) is 0 Å². The number of phosphoric ester groups is 1. The van der Waals surface area contributed by atoms with Crippen LogP contribution in [0.3, 0.4) is 0 Å². The highest BCUT2D eigenvalue weighted by Gasteiger charge is 2.22. The lowest BCUT2D eigenvalue weighted by atomic mass is 10.1. The van der Waals surface area contributed by atoms with E-state index in [0.29, 0.717) is 12.8 Å². The average Bonchev–Trinajstić information content (AvgIpc) is 3.10. The van der Waals surface area contributed by atoms with Gasteiger partial charge in [0, 0.05) is 12.8 Å². The fourth-order valence-corrected chi connectivity index (χ4v) is 6.37. The molecule has 0 spiro atoms. The number of carbonyl (C=O) groups excluding carboxylic acids is 2. The molecule has 1 unspecified atom stereocenters. The first-order chi connectivity index (χ1) is 24.8. The van der Waals surface area contributed by atoms with Crippen LogP contribution in [0.4, 0.5) is 0 Å². The third-order valence-electron chi connectivity index (χ3n) is 9.19. The van der Waals surface area contributed by atoms with Gasteiger partial charge in [-0.15, -0.1) is 0 Å². The van der Waals surface area contributed by atoms with Crippen molar-refractivity contribution in [2.24, 2.45) is 0 Å². The van der Waals surface area contributed by atoms with Crippen molar-refractivity contribution in [1.82, 2.24) is 0 Å². The van der Waals surface area contributed by atoms with Crippen LogP contribution in [-0.4, -0.2) is 41.0 Å². The molecule has 0 saturated carbocycles. The second kappa shape index (κ2) is 38.3. The van der Waals surface area contributed by atoms with Crippen molar-refractivity contribution in [1.29, 1.82) is 0 Å². The molecule has 0 saturated heterocycles. The van der Waals surface area contributed by atoms with Crippen molar-refractivity contribution in [3.63, 3.8) is 0 Å². The van der Waals surface area contributed by atoms with E-state index in [1.54, 1.807) is 0 Å². The summed E-state index contributed by atoms with van der Waals surface area (Å²) in [5.41, 5.74) is 0. The standard InChI is InChI=1S/C42H79O8P/c1-3-5-7-9-11-13-15-17-19-20-21-23-25-27-29-31-33-35-37-42(44)50-40(39-49-51(45,46)47)38-48-41(43)36-34-32-30-28-26-24-22-18-16-14-12-10-8-6-4-2/h18-20,22,40H,3-17,21,23-39H2,1-2H3,(H2,45,46,47)/b20-19-,22-18-. The van der Waals surface area contributed by atoms with Crippen LogP contribution in [0, 0.1) is 0 Å². The van der Waals surface area contributed by atoms with E-state index in [2.05, 4.69) is 42.7 Å². The quantitative estimate of drug-likeness (QED) is 0.0276. The molecule has 0 aliphatic rings. The van der Waals surface area contributed by atoms with Crippen molar-refractivity contribution < 1.29 is 37.9 Å². The number of ether oxygens (including phenoxy) is 2. The SMILES string of the molecule is CCCCCCCC/C=C\CCCCCCCC(=O)OCC(COP(=O)(O)O)OC(=O)CCCCCCCCC/C=C\CCCCCCCCC. The number of carbonyl (C=O) groups is 2. The minimum absolute atomic E-state index is 0.207. The minimum Gasteiger partial charge on any atom is -0.462 e. The molecule has 300 valence electrons. The van der Waals surface area contributed by atoms with E-state index in [4.69, 9.17) is 19.3 Å². The van der Waals surface area contributed by atoms with Gasteiger partial charge in [-0.05, 0) is 64.2 Å². The second-order valence-corrected chi connectivity index (χ2v) is 15.5. The van der Waals surface area contributed by atoms with Gasteiger partial charge in [-0.1, -0.05) is 160 Å². The molecule has 0 rings (SSSR count). The molecule has 0 radical (unpaired) electrons. The number of esters is 2. The molecule has 0 fully saturated rings. The molecule has 9 heteroatoms. The predicted molar refractivity (Wildman–Crippen MR) is 212 cm³/mol. The molecular formula is C42H79O8P. The molecule has 0 aliphatic heterocycles. The zero-order valence-electron chi connectivity index (χ0n) is 33.0. The van der Waals surface area contributed by atoms with Crippen LogP contribution >= 0.6 is 7.82 Å². The lowest BCUT2D eigenvalue weighted by Crippen LogP contribution is -2.29. The maximum Gasteiger partial charge on any atom is 0.469 e. The zero-order chi connectivity index (χ0) is 37.5. The third-order valence-corrected chi connectivity index (χ3v) is 9.68. The fourth-order valence-electron chi connectivity index (χ4n) is 6.01. The maximum absolute atomic E-state index is 12.4. The highest BCUT2D eigenvalue weighted by molar-refractivity contribution is 7.46. The van der Waals surface area contributed by atoms with Gasteiger partial charge in [0.05, 0.1) is 6.61 Å². The Bertz CT molecular complexity index is 884. The Morgan fingerprint density at radius 1 is 0.490 bits per heavy atom. The summed E-state index contributed by atoms with van der Waals surface area (Å²) >= 11 is 0. The molecule has 0 aromatic carbocycles. The molecule has 0 bridgehead atoms. The largest absolute Gasteiger partial charge is 0.469 e. The Balaban J connectivity index is 3.92. The van der Waals surface area contributed by atoms with Gasteiger partial charge in [0.2, 0.25) is 0 Å². The van der Waals surface area contributed by atoms with Crippen LogP contribution in [0.15, 0.2) is 24.3 Å². The van der Waals surface area contributed by atoms with Crippen molar-refractivity contribution in [3.05, 3.63) is 24.3 Å². The van der Waals surface area contributed by atoms with Crippen LogP contribution in [0.2, 0.25) is 0 Å². The minimum atomic E-state index is -4.75. The summed E-state index contributed by atoms with van der Waals surface area (Å²) in [6, 6.07) is 0. The molecule has 0 aliphatic carbocycles. The molecule has 8 nitrogen and oxygen atoms in total. The summed E-state index contributed by atoms with van der Waals surface area (Å²) in [5, 5.41) is 0. The highest BCUT2D eigenvalue weighted by atomic mass is 31.2. The van der Waals surface area contributed by atoms with Crippen LogP contribution in [0.25, 0.3) is 0 Å². The maximum atomic E-state index is 12.4. The Morgan fingerprint density at radius 3 is 1.20 bits per heavy atom. The van der Waals surface area contributed by atoms with E-state index < -0.39 is 32.5 Å². The van der Waals surface area contributed by atoms with Gasteiger partial charge in [0.1, 0.15) is 6.61 Å². The number of hydrogen-bond acceptors (Lipinski definition) is 6. The lowest BCUT2D eigenvalue weighted by molar-refractivity contribution is -0.161. The van der Waals surface area contributed by atoms with Gasteiger partial charge in [-0.25, -0.2) is 4.57 Å². The predicted octanol–water partition coefficient (Wildman–Crippen LogP) is 12.8. The van der Waals surface area contributed by atoms with E-state index in [0.717, 1.165) is 57.8 Å². The number of unbranched alkanes of at least 4 members (excludes halogenated alkanes) is 25. The Hall–Kier alpha value is -1.47. The summed E-state index contributed by atoms with van der Waals surface area (Å²) in [6.45, 7) is 3.68. The van der Waals surface area contributed by atoms with Gasteiger partial charge in [0.25, 0.3) is 0 Å². The molecule has 0 amide bonds. The normalized spacial score (nSPS) is 12.6. The molecule has 51 heavy (non-hydrogen) atoms. The summed E-state index contributed by atoms with van der Waals surface area (Å²) in [5.74, 6) is -0.893. The first-order valence-corrected chi connectivity index (χ1v) is 22.7. The number of phosphoric acid groups is 1. The smallest absolute Gasteiger partial charge is 0.462 e. The van der Waals surface area contributed by atoms with Gasteiger partial charge in [0.15, 0.2) is 6.10 Å². The zero-order valence-corrected chi connectivity index (χ0v) is 33.9. The first-order valence-electron chi connectivity index (χ1n) is 21.1. The molecule has 0 heterocycles. The third kappa shape index (κ3) is 41.2. The Morgan fingerprint density at radius 2 is 0.824 bits per heavy atom. The number of allylic oxidation sites excluding steroid dienone is 4. The van der Waals surface area contributed by atoms with Crippen molar-refractivity contribution in [2.45, 2.75) is 219 Å². The monoisotopic (exact) mass is 743 g/mol. The van der Waals surface area contributed by atoms with Crippen molar-refractivity contribution in [3.8, 4) is 0 Å². The van der Waals surface area contributed by atoms with Gasteiger partial charge in [-0.2, -0.15) is 0 Å². The van der Waals surface area contributed by atoms with Crippen LogP contribution in [0.5, 0.6) is 0 Å². The second-order valence-electron chi connectivity index (χ2n) is 14.3. The Labute approximate surface area is 313 Å². The summed E-state index contributed by atoms with van der Waals surface area (Å²) in [7, 11) is -4.75. The van der Waals surface area contributed by atoms with Gasteiger partial charge >= 0.3 is 19.8 Å². The first kappa shape index (κ1) is 49.5.